The summed E-state index contributed by atoms with van der Waals surface area (Å²) in [6, 6.07) is 8.09. The highest BCUT2D eigenvalue weighted by Gasteiger charge is 2.27. The van der Waals surface area contributed by atoms with E-state index in [0.29, 0.717) is 13.2 Å². The lowest BCUT2D eigenvalue weighted by Crippen LogP contribution is -2.46. The number of ether oxygens (including phenoxy) is 2. The van der Waals surface area contributed by atoms with Gasteiger partial charge in [0.05, 0.1) is 18.6 Å². The van der Waals surface area contributed by atoms with Crippen LogP contribution in [0.2, 0.25) is 0 Å². The van der Waals surface area contributed by atoms with Gasteiger partial charge in [0.2, 0.25) is 0 Å². The maximum absolute atomic E-state index is 11.9. The van der Waals surface area contributed by atoms with Gasteiger partial charge in [0.1, 0.15) is 5.75 Å². The van der Waals surface area contributed by atoms with Crippen molar-refractivity contribution in [3.05, 3.63) is 29.8 Å². The van der Waals surface area contributed by atoms with Gasteiger partial charge in [-0.05, 0) is 51.3 Å². The van der Waals surface area contributed by atoms with Crippen molar-refractivity contribution in [2.45, 2.75) is 46.3 Å². The van der Waals surface area contributed by atoms with Crippen LogP contribution in [0, 0.1) is 5.92 Å². The van der Waals surface area contributed by atoms with Crippen LogP contribution in [0.1, 0.15) is 39.2 Å². The second kappa shape index (κ2) is 12.0. The molecule has 0 amide bonds. The van der Waals surface area contributed by atoms with Crippen LogP contribution in [-0.4, -0.2) is 49.7 Å². The Kier molecular flexibility index (Phi) is 10.5. The van der Waals surface area contributed by atoms with E-state index >= 15 is 0 Å². The van der Waals surface area contributed by atoms with Crippen LogP contribution >= 0.6 is 24.0 Å². The van der Waals surface area contributed by atoms with E-state index < -0.39 is 0 Å². The predicted molar refractivity (Wildman–Crippen MR) is 119 cm³/mol. The zero-order valence-electron chi connectivity index (χ0n) is 16.7. The largest absolute Gasteiger partial charge is 0.491 e. The van der Waals surface area contributed by atoms with Crippen molar-refractivity contribution in [1.29, 1.82) is 0 Å². The van der Waals surface area contributed by atoms with Crippen LogP contribution in [0.3, 0.4) is 0 Å². The number of benzene rings is 1. The van der Waals surface area contributed by atoms with Gasteiger partial charge < -0.3 is 19.7 Å². The molecular formula is C20H32IN3O3. The number of nitrogens with zero attached hydrogens (tertiary/aromatic N) is 2. The monoisotopic (exact) mass is 489 g/mol. The molecule has 1 aliphatic heterocycles. The molecule has 2 rings (SSSR count). The highest BCUT2D eigenvalue weighted by atomic mass is 127. The Hall–Kier alpha value is -1.51. The summed E-state index contributed by atoms with van der Waals surface area (Å²) in [4.78, 5) is 18.5. The fourth-order valence-electron chi connectivity index (χ4n) is 3.10. The number of hydrogen-bond acceptors (Lipinski definition) is 4. The number of carbonyl (C=O) groups is 1. The molecule has 0 spiro atoms. The molecule has 0 aromatic heterocycles. The van der Waals surface area contributed by atoms with E-state index in [1.165, 1.54) is 0 Å². The third kappa shape index (κ3) is 7.56. The van der Waals surface area contributed by atoms with Crippen molar-refractivity contribution in [3.63, 3.8) is 0 Å². The number of nitrogens with one attached hydrogen (secondary N) is 1. The van der Waals surface area contributed by atoms with Crippen molar-refractivity contribution >= 4 is 35.9 Å². The molecule has 7 heteroatoms. The minimum absolute atomic E-state index is 0. The van der Waals surface area contributed by atoms with E-state index in [9.17, 15) is 4.79 Å². The molecule has 1 aromatic carbocycles. The van der Waals surface area contributed by atoms with Gasteiger partial charge in [0, 0.05) is 26.7 Å². The quantitative estimate of drug-likeness (QED) is 0.287. The molecule has 1 N–H and O–H groups in total. The molecule has 0 unspecified atom stereocenters. The first kappa shape index (κ1) is 23.5. The number of piperidine rings is 1. The molecule has 0 bridgehead atoms. The Morgan fingerprint density at radius 1 is 1.33 bits per heavy atom. The molecule has 152 valence electrons. The van der Waals surface area contributed by atoms with Gasteiger partial charge in [-0.25, -0.2) is 0 Å². The maximum Gasteiger partial charge on any atom is 0.309 e. The van der Waals surface area contributed by atoms with Gasteiger partial charge in [-0.15, -0.1) is 24.0 Å². The molecule has 0 atom stereocenters. The van der Waals surface area contributed by atoms with Crippen LogP contribution < -0.4 is 10.1 Å². The third-order valence-electron chi connectivity index (χ3n) is 4.35. The second-order valence-electron chi connectivity index (χ2n) is 6.73. The van der Waals surface area contributed by atoms with Crippen molar-refractivity contribution in [2.24, 2.45) is 10.9 Å². The minimum Gasteiger partial charge on any atom is -0.491 e. The summed E-state index contributed by atoms with van der Waals surface area (Å²) in [5.41, 5.74) is 1.14. The fraction of sp³-hybridized carbons (Fsp3) is 0.600. The van der Waals surface area contributed by atoms with Gasteiger partial charge >= 0.3 is 5.97 Å². The molecule has 1 fully saturated rings. The normalized spacial score (nSPS) is 15.3. The minimum atomic E-state index is -0.0722. The summed E-state index contributed by atoms with van der Waals surface area (Å²) < 4.78 is 10.9. The number of aliphatic imine (C=N–C) groups is 1. The van der Waals surface area contributed by atoms with E-state index in [4.69, 9.17) is 9.47 Å². The summed E-state index contributed by atoms with van der Waals surface area (Å²) in [6.45, 7) is 8.63. The molecule has 1 heterocycles. The smallest absolute Gasteiger partial charge is 0.309 e. The summed E-state index contributed by atoms with van der Waals surface area (Å²) in [6.07, 6.45) is 1.76. The first-order chi connectivity index (χ1) is 12.5. The fourth-order valence-corrected chi connectivity index (χ4v) is 3.10. The number of likely N-dealkylation sites (tertiary alicyclic amines) is 1. The second-order valence-corrected chi connectivity index (χ2v) is 6.73. The van der Waals surface area contributed by atoms with Crippen molar-refractivity contribution in [2.75, 3.05) is 26.7 Å². The zero-order chi connectivity index (χ0) is 18.9. The number of rotatable bonds is 6. The Morgan fingerprint density at radius 3 is 2.63 bits per heavy atom. The number of carbonyl (C=O) groups excluding carboxylic acids is 1. The van der Waals surface area contributed by atoms with E-state index in [1.807, 2.05) is 39.0 Å². The average Bonchev–Trinajstić information content (AvgIpc) is 2.63. The molecule has 1 aliphatic rings. The van der Waals surface area contributed by atoms with Crippen LogP contribution in [0.4, 0.5) is 0 Å². The Labute approximate surface area is 179 Å². The highest BCUT2D eigenvalue weighted by molar-refractivity contribution is 14.0. The van der Waals surface area contributed by atoms with Gasteiger partial charge in [-0.2, -0.15) is 0 Å². The van der Waals surface area contributed by atoms with Crippen molar-refractivity contribution in [3.8, 4) is 5.75 Å². The lowest BCUT2D eigenvalue weighted by atomic mass is 9.97. The van der Waals surface area contributed by atoms with Crippen molar-refractivity contribution in [1.82, 2.24) is 10.2 Å². The van der Waals surface area contributed by atoms with Crippen LogP contribution in [0.5, 0.6) is 5.75 Å². The Morgan fingerprint density at radius 2 is 2.04 bits per heavy atom. The molecule has 27 heavy (non-hydrogen) atoms. The van der Waals surface area contributed by atoms with Gasteiger partial charge in [-0.3, -0.25) is 9.79 Å². The Bertz CT molecular complexity index is 614. The average molecular weight is 489 g/mol. The van der Waals surface area contributed by atoms with Gasteiger partial charge in [0.25, 0.3) is 0 Å². The molecule has 0 radical (unpaired) electrons. The SMILES string of the molecule is CCOC(=O)C1CCN(C(=NC)NCc2cccc(OC(C)C)c2)CC1.I. The third-order valence-corrected chi connectivity index (χ3v) is 4.35. The van der Waals surface area contributed by atoms with Gasteiger partial charge in [0.15, 0.2) is 5.96 Å². The molecule has 0 saturated carbocycles. The standard InChI is InChI=1S/C20H31N3O3.HI/c1-5-25-19(24)17-9-11-23(12-10-17)20(21-4)22-14-16-7-6-8-18(13-16)26-15(2)3;/h6-8,13,15,17H,5,9-12,14H2,1-4H3,(H,21,22);1H. The molecule has 1 saturated heterocycles. The number of guanidine groups is 1. The number of esters is 1. The lowest BCUT2D eigenvalue weighted by molar-refractivity contribution is -0.149. The van der Waals surface area contributed by atoms with Crippen LogP contribution in [-0.2, 0) is 16.1 Å². The number of hydrogen-bond donors (Lipinski definition) is 1. The van der Waals surface area contributed by atoms with E-state index in [1.54, 1.807) is 7.05 Å². The van der Waals surface area contributed by atoms with Crippen LogP contribution in [0.25, 0.3) is 0 Å². The van der Waals surface area contributed by atoms with Crippen molar-refractivity contribution < 1.29 is 14.3 Å². The summed E-state index contributed by atoms with van der Waals surface area (Å²) in [5.74, 6) is 1.68. The first-order valence-electron chi connectivity index (χ1n) is 9.41. The zero-order valence-corrected chi connectivity index (χ0v) is 19.1. The predicted octanol–water partition coefficient (Wildman–Crippen LogP) is 3.44. The topological polar surface area (TPSA) is 63.2 Å². The maximum atomic E-state index is 11.9. The highest BCUT2D eigenvalue weighted by Crippen LogP contribution is 2.19. The molecule has 1 aromatic rings. The summed E-state index contributed by atoms with van der Waals surface area (Å²) in [5, 5.41) is 3.41. The first-order valence-corrected chi connectivity index (χ1v) is 9.41. The molecule has 0 aliphatic carbocycles. The van der Waals surface area contributed by atoms with E-state index in [2.05, 4.69) is 21.3 Å². The Balaban J connectivity index is 0.00000364. The number of halogens is 1. The molecular weight excluding hydrogens is 457 g/mol. The summed E-state index contributed by atoms with van der Waals surface area (Å²) >= 11 is 0. The lowest BCUT2D eigenvalue weighted by Gasteiger charge is -2.33. The van der Waals surface area contributed by atoms with Crippen LogP contribution in [0.15, 0.2) is 29.3 Å². The van der Waals surface area contributed by atoms with E-state index in [-0.39, 0.29) is 42.0 Å². The van der Waals surface area contributed by atoms with E-state index in [0.717, 1.165) is 43.2 Å². The summed E-state index contributed by atoms with van der Waals surface area (Å²) in [7, 11) is 1.79. The molecule has 6 nitrogen and oxygen atoms in total. The van der Waals surface area contributed by atoms with Gasteiger partial charge in [-0.1, -0.05) is 12.1 Å².